The number of rotatable bonds is 2. The van der Waals surface area contributed by atoms with Crippen LogP contribution < -0.4 is 5.73 Å². The summed E-state index contributed by atoms with van der Waals surface area (Å²) >= 11 is 0. The minimum absolute atomic E-state index is 0.0741. The second-order valence-electron chi connectivity index (χ2n) is 3.62. The van der Waals surface area contributed by atoms with E-state index in [0.29, 0.717) is 5.56 Å². The van der Waals surface area contributed by atoms with E-state index in [0.717, 1.165) is 12.7 Å². The summed E-state index contributed by atoms with van der Waals surface area (Å²) in [6, 6.07) is 0. The van der Waals surface area contributed by atoms with Gasteiger partial charge in [0.1, 0.15) is 0 Å². The van der Waals surface area contributed by atoms with E-state index in [9.17, 15) is 9.59 Å². The average Bonchev–Trinajstić information content (AvgIpc) is 2.77. The Morgan fingerprint density at radius 3 is 2.65 bits per heavy atom. The zero-order valence-electron chi connectivity index (χ0n) is 9.61. The van der Waals surface area contributed by atoms with Crippen molar-refractivity contribution in [3.8, 4) is 0 Å². The molecule has 90 valence electrons. The van der Waals surface area contributed by atoms with E-state index < -0.39 is 0 Å². The number of aryl methyl sites for hydroxylation is 1. The first-order valence-corrected chi connectivity index (χ1v) is 5.20. The monoisotopic (exact) mass is 233 g/mol. The second kappa shape index (κ2) is 6.42. The highest BCUT2D eigenvalue weighted by Crippen LogP contribution is 2.09. The van der Waals surface area contributed by atoms with E-state index in [1.54, 1.807) is 17.9 Å². The van der Waals surface area contributed by atoms with Gasteiger partial charge in [-0.15, -0.1) is 0 Å². The van der Waals surface area contributed by atoms with Gasteiger partial charge in [-0.3, -0.25) is 14.3 Å². The standard InChI is InChI=1S/C7H9NO.C5H6N2O/c8-7(9)6-4-2-1-3-5-6;1-7-3-5(4-8)2-6-7/h1-4,6H,5H2,(H2,8,9);2-4H,1H3. The van der Waals surface area contributed by atoms with E-state index in [2.05, 4.69) is 5.10 Å². The molecule has 1 heterocycles. The molecule has 1 amide bonds. The predicted octanol–water partition coefficient (Wildman–Crippen LogP) is 0.837. The number of carbonyl (C=O) groups excluding carboxylic acids is 2. The van der Waals surface area contributed by atoms with Gasteiger partial charge in [0.2, 0.25) is 5.91 Å². The fourth-order valence-corrected chi connectivity index (χ4v) is 1.29. The molecule has 1 atom stereocenters. The van der Waals surface area contributed by atoms with Gasteiger partial charge < -0.3 is 5.73 Å². The fraction of sp³-hybridized carbons (Fsp3) is 0.250. The van der Waals surface area contributed by atoms with Crippen LogP contribution >= 0.6 is 0 Å². The Kier molecular flexibility index (Phi) is 4.87. The van der Waals surface area contributed by atoms with Gasteiger partial charge >= 0.3 is 0 Å². The molecule has 1 unspecified atom stereocenters. The zero-order chi connectivity index (χ0) is 12.7. The minimum atomic E-state index is -0.240. The van der Waals surface area contributed by atoms with Gasteiger partial charge in [0, 0.05) is 13.2 Å². The molecule has 0 fully saturated rings. The third-order valence-corrected chi connectivity index (χ3v) is 2.21. The Bertz CT molecular complexity index is 446. The summed E-state index contributed by atoms with van der Waals surface area (Å²) in [5.74, 6) is -0.314. The van der Waals surface area contributed by atoms with Crippen LogP contribution in [-0.4, -0.2) is 22.0 Å². The number of hydrogen-bond donors (Lipinski definition) is 1. The van der Waals surface area contributed by atoms with E-state index in [-0.39, 0.29) is 11.8 Å². The molecule has 1 aliphatic rings. The quantitative estimate of drug-likeness (QED) is 0.769. The number of primary amides is 1. The molecule has 0 bridgehead atoms. The van der Waals surface area contributed by atoms with E-state index >= 15 is 0 Å². The fourth-order valence-electron chi connectivity index (χ4n) is 1.29. The first kappa shape index (κ1) is 12.9. The third kappa shape index (κ3) is 4.46. The summed E-state index contributed by atoms with van der Waals surface area (Å²) < 4.78 is 1.59. The molecule has 0 radical (unpaired) electrons. The molecule has 2 rings (SSSR count). The molecular weight excluding hydrogens is 218 g/mol. The number of carbonyl (C=O) groups is 2. The highest BCUT2D eigenvalue weighted by Gasteiger charge is 2.09. The number of aromatic nitrogens is 2. The number of nitrogens with zero attached hydrogens (tertiary/aromatic N) is 2. The Balaban J connectivity index is 0.000000171. The molecule has 17 heavy (non-hydrogen) atoms. The number of nitrogens with two attached hydrogens (primary N) is 1. The van der Waals surface area contributed by atoms with Crippen LogP contribution in [0.2, 0.25) is 0 Å². The molecule has 5 heteroatoms. The first-order valence-electron chi connectivity index (χ1n) is 5.20. The van der Waals surface area contributed by atoms with E-state index in [1.807, 2.05) is 24.3 Å². The summed E-state index contributed by atoms with van der Waals surface area (Å²) in [4.78, 5) is 20.5. The number of aldehydes is 1. The maximum Gasteiger partial charge on any atom is 0.224 e. The first-order chi connectivity index (χ1) is 8.13. The molecule has 1 aromatic heterocycles. The van der Waals surface area contributed by atoms with Crippen molar-refractivity contribution < 1.29 is 9.59 Å². The molecule has 5 nitrogen and oxygen atoms in total. The maximum absolute atomic E-state index is 10.5. The maximum atomic E-state index is 10.5. The van der Waals surface area contributed by atoms with Crippen LogP contribution in [0.1, 0.15) is 16.8 Å². The highest BCUT2D eigenvalue weighted by molar-refractivity contribution is 5.79. The normalized spacial score (nSPS) is 17.1. The minimum Gasteiger partial charge on any atom is -0.369 e. The Morgan fingerprint density at radius 1 is 1.59 bits per heavy atom. The van der Waals surface area contributed by atoms with Crippen molar-refractivity contribution in [1.29, 1.82) is 0 Å². The second-order valence-corrected chi connectivity index (χ2v) is 3.62. The van der Waals surface area contributed by atoms with Gasteiger partial charge in [-0.2, -0.15) is 5.10 Å². The van der Waals surface area contributed by atoms with Crippen molar-refractivity contribution in [3.63, 3.8) is 0 Å². The lowest BCUT2D eigenvalue weighted by Crippen LogP contribution is -2.21. The van der Waals surface area contributed by atoms with Gasteiger partial charge in [-0.05, 0) is 6.42 Å². The molecule has 0 aromatic carbocycles. The molecule has 0 saturated heterocycles. The van der Waals surface area contributed by atoms with Gasteiger partial charge in [0.05, 0.1) is 17.7 Å². The summed E-state index contributed by atoms with van der Waals surface area (Å²) in [5, 5.41) is 3.77. The number of allylic oxidation sites excluding steroid dienone is 3. The zero-order valence-corrected chi connectivity index (χ0v) is 9.61. The van der Waals surface area contributed by atoms with Gasteiger partial charge in [-0.1, -0.05) is 24.3 Å². The highest BCUT2D eigenvalue weighted by atomic mass is 16.1. The van der Waals surface area contributed by atoms with Crippen LogP contribution in [0.15, 0.2) is 36.7 Å². The van der Waals surface area contributed by atoms with Crippen molar-refractivity contribution in [3.05, 3.63) is 42.3 Å². The smallest absolute Gasteiger partial charge is 0.224 e. The van der Waals surface area contributed by atoms with Crippen LogP contribution in [0.3, 0.4) is 0 Å². The van der Waals surface area contributed by atoms with Crippen LogP contribution in [0.5, 0.6) is 0 Å². The molecule has 2 N–H and O–H groups in total. The lowest BCUT2D eigenvalue weighted by Gasteiger charge is -2.06. The topological polar surface area (TPSA) is 78.0 Å². The predicted molar refractivity (Wildman–Crippen MR) is 64.2 cm³/mol. The average molecular weight is 233 g/mol. The molecule has 0 saturated carbocycles. The van der Waals surface area contributed by atoms with E-state index in [1.165, 1.54) is 6.20 Å². The number of amides is 1. The van der Waals surface area contributed by atoms with Gasteiger partial charge in [0.25, 0.3) is 0 Å². The van der Waals surface area contributed by atoms with Crippen LogP contribution in [-0.2, 0) is 11.8 Å². The SMILES string of the molecule is Cn1cc(C=O)cn1.NC(=O)C1C=CC=CC1. The molecule has 1 aliphatic carbocycles. The van der Waals surface area contributed by atoms with Crippen molar-refractivity contribution >= 4 is 12.2 Å². The lowest BCUT2D eigenvalue weighted by molar-refractivity contribution is -0.120. The van der Waals surface area contributed by atoms with E-state index in [4.69, 9.17) is 5.73 Å². The molecule has 1 aromatic rings. The van der Waals surface area contributed by atoms with Crippen molar-refractivity contribution in [2.45, 2.75) is 6.42 Å². The largest absolute Gasteiger partial charge is 0.369 e. The summed E-state index contributed by atoms with van der Waals surface area (Å²) in [6.45, 7) is 0. The van der Waals surface area contributed by atoms with Crippen molar-refractivity contribution in [2.75, 3.05) is 0 Å². The Hall–Kier alpha value is -2.17. The van der Waals surface area contributed by atoms with Crippen LogP contribution in [0.4, 0.5) is 0 Å². The van der Waals surface area contributed by atoms with Gasteiger partial charge in [-0.25, -0.2) is 0 Å². The molecule has 0 aliphatic heterocycles. The van der Waals surface area contributed by atoms with Crippen LogP contribution in [0, 0.1) is 5.92 Å². The summed E-state index contributed by atoms with van der Waals surface area (Å²) in [6.07, 6.45) is 12.2. The van der Waals surface area contributed by atoms with Crippen molar-refractivity contribution in [1.82, 2.24) is 9.78 Å². The summed E-state index contributed by atoms with van der Waals surface area (Å²) in [5.41, 5.74) is 5.66. The van der Waals surface area contributed by atoms with Crippen molar-refractivity contribution in [2.24, 2.45) is 18.7 Å². The molecular formula is C12H15N3O2. The third-order valence-electron chi connectivity index (χ3n) is 2.21. The Labute approximate surface area is 99.6 Å². The van der Waals surface area contributed by atoms with Crippen LogP contribution in [0.25, 0.3) is 0 Å². The Morgan fingerprint density at radius 2 is 2.35 bits per heavy atom. The number of hydrogen-bond acceptors (Lipinski definition) is 3. The molecule has 0 spiro atoms. The van der Waals surface area contributed by atoms with Gasteiger partial charge in [0.15, 0.2) is 6.29 Å². The summed E-state index contributed by atoms with van der Waals surface area (Å²) in [7, 11) is 1.77. The lowest BCUT2D eigenvalue weighted by atomic mass is 10.0.